The van der Waals surface area contributed by atoms with Crippen molar-refractivity contribution in [2.75, 3.05) is 31.9 Å². The fourth-order valence-corrected chi connectivity index (χ4v) is 3.53. The second kappa shape index (κ2) is 7.81. The van der Waals surface area contributed by atoms with E-state index < -0.39 is 0 Å². The molecule has 1 N–H and O–H groups in total. The highest BCUT2D eigenvalue weighted by Crippen LogP contribution is 2.13. The van der Waals surface area contributed by atoms with Gasteiger partial charge in [-0.15, -0.1) is 11.8 Å². The van der Waals surface area contributed by atoms with Crippen molar-refractivity contribution in [1.82, 2.24) is 19.0 Å². The Morgan fingerprint density at radius 1 is 1.42 bits per heavy atom. The first-order valence-electron chi connectivity index (χ1n) is 6.60. The van der Waals surface area contributed by atoms with E-state index in [0.29, 0.717) is 5.75 Å². The van der Waals surface area contributed by atoms with Crippen molar-refractivity contribution in [3.8, 4) is 0 Å². The number of carbonyl (C=O) groups excluding carboxylic acids is 1. The van der Waals surface area contributed by atoms with Crippen LogP contribution in [0.5, 0.6) is 0 Å². The van der Waals surface area contributed by atoms with E-state index in [1.54, 1.807) is 11.8 Å². The van der Waals surface area contributed by atoms with Crippen LogP contribution < -0.4 is 5.32 Å². The van der Waals surface area contributed by atoms with Gasteiger partial charge in [-0.3, -0.25) is 4.79 Å². The SMILES string of the molecule is Cc1nsnc1CSCC(=O)NCCN1CCCC1. The monoisotopic (exact) mass is 300 g/mol. The number of thioether (sulfide) groups is 1. The van der Waals surface area contributed by atoms with Crippen LogP contribution in [-0.4, -0.2) is 51.5 Å². The van der Waals surface area contributed by atoms with Crippen LogP contribution in [0.1, 0.15) is 24.2 Å². The Labute approximate surface area is 122 Å². The number of nitrogens with one attached hydrogen (secondary N) is 1. The molecule has 5 nitrogen and oxygen atoms in total. The number of likely N-dealkylation sites (tertiary alicyclic amines) is 1. The fourth-order valence-electron chi connectivity index (χ4n) is 2.03. The lowest BCUT2D eigenvalue weighted by Gasteiger charge is -2.14. The maximum absolute atomic E-state index is 11.6. The summed E-state index contributed by atoms with van der Waals surface area (Å²) in [7, 11) is 0. The lowest BCUT2D eigenvalue weighted by atomic mass is 10.4. The molecule has 0 aromatic carbocycles. The van der Waals surface area contributed by atoms with Gasteiger partial charge in [-0.25, -0.2) is 0 Å². The Hall–Kier alpha value is -0.660. The Morgan fingerprint density at radius 3 is 2.89 bits per heavy atom. The summed E-state index contributed by atoms with van der Waals surface area (Å²) in [5.41, 5.74) is 1.98. The van der Waals surface area contributed by atoms with E-state index in [1.807, 2.05) is 6.92 Å². The predicted molar refractivity (Wildman–Crippen MR) is 79.5 cm³/mol. The van der Waals surface area contributed by atoms with Gasteiger partial charge in [-0.1, -0.05) is 0 Å². The molecule has 19 heavy (non-hydrogen) atoms. The van der Waals surface area contributed by atoms with Crippen LogP contribution in [0.2, 0.25) is 0 Å². The van der Waals surface area contributed by atoms with E-state index in [1.165, 1.54) is 37.7 Å². The zero-order chi connectivity index (χ0) is 13.5. The van der Waals surface area contributed by atoms with Crippen molar-refractivity contribution in [2.45, 2.75) is 25.5 Å². The van der Waals surface area contributed by atoms with E-state index >= 15 is 0 Å². The molecule has 1 aliphatic heterocycles. The molecule has 0 saturated carbocycles. The predicted octanol–water partition coefficient (Wildman–Crippen LogP) is 1.29. The average molecular weight is 300 g/mol. The lowest BCUT2D eigenvalue weighted by molar-refractivity contribution is -0.118. The number of hydrogen-bond donors (Lipinski definition) is 1. The normalized spacial score (nSPS) is 15.8. The number of rotatable bonds is 7. The molecule has 0 aliphatic carbocycles. The van der Waals surface area contributed by atoms with E-state index in [2.05, 4.69) is 19.0 Å². The first-order valence-corrected chi connectivity index (χ1v) is 8.49. The molecule has 0 bridgehead atoms. The van der Waals surface area contributed by atoms with Crippen molar-refractivity contribution in [1.29, 1.82) is 0 Å². The molecule has 1 aromatic heterocycles. The number of carbonyl (C=O) groups is 1. The highest BCUT2D eigenvalue weighted by Gasteiger charge is 2.11. The van der Waals surface area contributed by atoms with Crippen molar-refractivity contribution < 1.29 is 4.79 Å². The van der Waals surface area contributed by atoms with Gasteiger partial charge in [-0.2, -0.15) is 8.75 Å². The average Bonchev–Trinajstić information content (AvgIpc) is 3.02. The van der Waals surface area contributed by atoms with E-state index in [0.717, 1.165) is 30.2 Å². The van der Waals surface area contributed by atoms with Crippen LogP contribution >= 0.6 is 23.5 Å². The third-order valence-electron chi connectivity index (χ3n) is 3.17. The van der Waals surface area contributed by atoms with Crippen LogP contribution in [0.25, 0.3) is 0 Å². The summed E-state index contributed by atoms with van der Waals surface area (Å²) in [6.45, 7) is 6.05. The summed E-state index contributed by atoms with van der Waals surface area (Å²) in [5.74, 6) is 1.38. The zero-order valence-electron chi connectivity index (χ0n) is 11.2. The second-order valence-corrected chi connectivity index (χ2v) is 6.20. The zero-order valence-corrected chi connectivity index (χ0v) is 12.9. The van der Waals surface area contributed by atoms with Crippen LogP contribution in [0.3, 0.4) is 0 Å². The smallest absolute Gasteiger partial charge is 0.230 e. The van der Waals surface area contributed by atoms with Gasteiger partial charge < -0.3 is 10.2 Å². The third-order valence-corrected chi connectivity index (χ3v) is 4.77. The van der Waals surface area contributed by atoms with Crippen LogP contribution in [0.4, 0.5) is 0 Å². The molecule has 2 rings (SSSR count). The van der Waals surface area contributed by atoms with Gasteiger partial charge in [0, 0.05) is 18.8 Å². The third kappa shape index (κ3) is 5.08. The summed E-state index contributed by atoms with van der Waals surface area (Å²) in [5, 5.41) is 2.97. The lowest BCUT2D eigenvalue weighted by Crippen LogP contribution is -2.34. The van der Waals surface area contributed by atoms with Gasteiger partial charge in [-0.05, 0) is 32.9 Å². The van der Waals surface area contributed by atoms with Crippen molar-refractivity contribution in [3.63, 3.8) is 0 Å². The van der Waals surface area contributed by atoms with Gasteiger partial charge >= 0.3 is 0 Å². The summed E-state index contributed by atoms with van der Waals surface area (Å²) in [6, 6.07) is 0. The summed E-state index contributed by atoms with van der Waals surface area (Å²) in [6.07, 6.45) is 2.59. The van der Waals surface area contributed by atoms with Gasteiger partial charge in [0.25, 0.3) is 0 Å². The molecule has 0 unspecified atom stereocenters. The molecular formula is C12H20N4OS2. The summed E-state index contributed by atoms with van der Waals surface area (Å²) in [4.78, 5) is 14.0. The molecule has 7 heteroatoms. The highest BCUT2D eigenvalue weighted by molar-refractivity contribution is 7.99. The van der Waals surface area contributed by atoms with Gasteiger partial charge in [0.1, 0.15) is 0 Å². The molecule has 1 saturated heterocycles. The Balaban J connectivity index is 1.53. The second-order valence-electron chi connectivity index (χ2n) is 4.69. The molecule has 1 aromatic rings. The van der Waals surface area contributed by atoms with Crippen molar-refractivity contribution in [3.05, 3.63) is 11.4 Å². The largest absolute Gasteiger partial charge is 0.354 e. The van der Waals surface area contributed by atoms with Gasteiger partial charge in [0.2, 0.25) is 5.91 Å². The maximum atomic E-state index is 11.6. The minimum absolute atomic E-state index is 0.116. The molecule has 2 heterocycles. The van der Waals surface area contributed by atoms with Gasteiger partial charge in [0.15, 0.2) is 0 Å². The number of aromatic nitrogens is 2. The molecule has 0 atom stereocenters. The number of aryl methyl sites for hydroxylation is 1. The minimum Gasteiger partial charge on any atom is -0.354 e. The van der Waals surface area contributed by atoms with Gasteiger partial charge in [0.05, 0.1) is 28.9 Å². The number of hydrogen-bond acceptors (Lipinski definition) is 6. The Bertz CT molecular complexity index is 404. The quantitative estimate of drug-likeness (QED) is 0.822. The Morgan fingerprint density at radius 2 is 2.21 bits per heavy atom. The molecule has 0 spiro atoms. The van der Waals surface area contributed by atoms with Crippen molar-refractivity contribution >= 4 is 29.4 Å². The Kier molecular flexibility index (Phi) is 6.06. The molecule has 1 aliphatic rings. The van der Waals surface area contributed by atoms with E-state index in [-0.39, 0.29) is 5.91 Å². The van der Waals surface area contributed by atoms with Crippen molar-refractivity contribution in [2.24, 2.45) is 0 Å². The standard InChI is InChI=1S/C12H20N4OS2/c1-10-11(15-19-14-10)8-18-9-12(17)13-4-7-16-5-2-3-6-16/h2-9H2,1H3,(H,13,17). The molecular weight excluding hydrogens is 280 g/mol. The van der Waals surface area contributed by atoms with Crippen LogP contribution in [0.15, 0.2) is 0 Å². The first kappa shape index (κ1) is 14.7. The molecule has 106 valence electrons. The molecule has 0 radical (unpaired) electrons. The number of nitrogens with zero attached hydrogens (tertiary/aromatic N) is 3. The topological polar surface area (TPSA) is 58.1 Å². The first-order chi connectivity index (χ1) is 9.25. The highest BCUT2D eigenvalue weighted by atomic mass is 32.2. The van der Waals surface area contributed by atoms with E-state index in [4.69, 9.17) is 0 Å². The van der Waals surface area contributed by atoms with Crippen LogP contribution in [0, 0.1) is 6.92 Å². The minimum atomic E-state index is 0.116. The number of amides is 1. The summed E-state index contributed by atoms with van der Waals surface area (Å²) < 4.78 is 8.32. The molecule has 1 fully saturated rings. The summed E-state index contributed by atoms with van der Waals surface area (Å²) >= 11 is 2.83. The maximum Gasteiger partial charge on any atom is 0.230 e. The fraction of sp³-hybridized carbons (Fsp3) is 0.750. The molecule has 1 amide bonds. The van der Waals surface area contributed by atoms with E-state index in [9.17, 15) is 4.79 Å². The van der Waals surface area contributed by atoms with Crippen LogP contribution in [-0.2, 0) is 10.5 Å².